The standard InChI is InChI=1S/C19H19NO5/c20-10-12-23-17-8-4-5-15(13-17)18(21)9-11-24-19(22)14-25-16-6-2-1-3-7-16/h1-9,11,13H,10,12,14,20H2. The molecule has 0 radical (unpaired) electrons. The zero-order valence-corrected chi connectivity index (χ0v) is 13.6. The van der Waals surface area contributed by atoms with Crippen LogP contribution in [0.4, 0.5) is 0 Å². The van der Waals surface area contributed by atoms with Gasteiger partial charge in [0.15, 0.2) is 12.4 Å². The van der Waals surface area contributed by atoms with Crippen LogP contribution in [-0.4, -0.2) is 31.5 Å². The van der Waals surface area contributed by atoms with Crippen molar-refractivity contribution in [3.8, 4) is 11.5 Å². The van der Waals surface area contributed by atoms with E-state index in [-0.39, 0.29) is 12.4 Å². The van der Waals surface area contributed by atoms with Crippen LogP contribution < -0.4 is 15.2 Å². The number of hydrogen-bond acceptors (Lipinski definition) is 6. The first-order chi connectivity index (χ1) is 12.2. The van der Waals surface area contributed by atoms with Crippen LogP contribution in [0.5, 0.6) is 11.5 Å². The van der Waals surface area contributed by atoms with Gasteiger partial charge in [0.2, 0.25) is 0 Å². The summed E-state index contributed by atoms with van der Waals surface area (Å²) in [6.07, 6.45) is 2.22. The first-order valence-corrected chi connectivity index (χ1v) is 7.70. The molecule has 25 heavy (non-hydrogen) atoms. The fraction of sp³-hybridized carbons (Fsp3) is 0.158. The second kappa shape index (κ2) is 9.89. The van der Waals surface area contributed by atoms with E-state index in [1.807, 2.05) is 6.07 Å². The fourth-order valence-corrected chi connectivity index (χ4v) is 1.88. The van der Waals surface area contributed by atoms with Crippen LogP contribution in [0.15, 0.2) is 66.9 Å². The molecule has 0 aliphatic rings. The number of rotatable bonds is 9. The Balaban J connectivity index is 1.80. The van der Waals surface area contributed by atoms with E-state index in [0.29, 0.717) is 30.2 Å². The van der Waals surface area contributed by atoms with E-state index in [4.69, 9.17) is 19.9 Å². The molecule has 2 aromatic rings. The predicted octanol–water partition coefficient (Wildman–Crippen LogP) is 2.34. The Morgan fingerprint density at radius 1 is 0.960 bits per heavy atom. The molecule has 0 saturated carbocycles. The van der Waals surface area contributed by atoms with Crippen LogP contribution in [-0.2, 0) is 9.53 Å². The summed E-state index contributed by atoms with van der Waals surface area (Å²) in [7, 11) is 0. The normalized spacial score (nSPS) is 10.4. The Morgan fingerprint density at radius 3 is 2.48 bits per heavy atom. The van der Waals surface area contributed by atoms with Crippen molar-refractivity contribution >= 4 is 11.8 Å². The van der Waals surface area contributed by atoms with Gasteiger partial charge in [0.25, 0.3) is 0 Å². The molecule has 0 aliphatic carbocycles. The van der Waals surface area contributed by atoms with Crippen LogP contribution in [0.1, 0.15) is 10.4 Å². The number of carbonyl (C=O) groups is 2. The number of nitrogens with two attached hydrogens (primary N) is 1. The zero-order valence-electron chi connectivity index (χ0n) is 13.6. The molecule has 6 heteroatoms. The van der Waals surface area contributed by atoms with Crippen LogP contribution >= 0.6 is 0 Å². The summed E-state index contributed by atoms with van der Waals surface area (Å²) in [5, 5.41) is 0. The SMILES string of the molecule is NCCOc1cccc(C(=O)C=COC(=O)COc2ccccc2)c1. The average molecular weight is 341 g/mol. The summed E-state index contributed by atoms with van der Waals surface area (Å²) in [5.74, 6) is 0.203. The highest BCUT2D eigenvalue weighted by molar-refractivity contribution is 6.04. The van der Waals surface area contributed by atoms with E-state index in [1.165, 1.54) is 6.08 Å². The molecule has 0 aromatic heterocycles. The maximum atomic E-state index is 12.0. The van der Waals surface area contributed by atoms with Crippen molar-refractivity contribution in [2.45, 2.75) is 0 Å². The Kier molecular flexibility index (Phi) is 7.21. The number of hydrogen-bond donors (Lipinski definition) is 1. The Morgan fingerprint density at radius 2 is 1.72 bits per heavy atom. The lowest BCUT2D eigenvalue weighted by Crippen LogP contribution is -2.12. The van der Waals surface area contributed by atoms with Crippen molar-refractivity contribution in [1.29, 1.82) is 0 Å². The summed E-state index contributed by atoms with van der Waals surface area (Å²) in [4.78, 5) is 23.6. The second-order valence-electron chi connectivity index (χ2n) is 4.92. The Bertz CT molecular complexity index is 728. The van der Waals surface area contributed by atoms with Crippen molar-refractivity contribution in [3.63, 3.8) is 0 Å². The van der Waals surface area contributed by atoms with Gasteiger partial charge in [-0.1, -0.05) is 30.3 Å². The number of para-hydroxylation sites is 1. The molecule has 6 nitrogen and oxygen atoms in total. The number of allylic oxidation sites excluding steroid dienone is 1. The summed E-state index contributed by atoms with van der Waals surface area (Å²) in [6, 6.07) is 15.6. The van der Waals surface area contributed by atoms with Gasteiger partial charge in [-0.3, -0.25) is 4.79 Å². The van der Waals surface area contributed by atoms with Crippen LogP contribution in [0, 0.1) is 0 Å². The van der Waals surface area contributed by atoms with Crippen molar-refractivity contribution in [2.75, 3.05) is 19.8 Å². The number of carbonyl (C=O) groups excluding carboxylic acids is 2. The fourth-order valence-electron chi connectivity index (χ4n) is 1.88. The van der Waals surface area contributed by atoms with Crippen molar-refractivity contribution in [3.05, 3.63) is 72.5 Å². The smallest absolute Gasteiger partial charge is 0.348 e. The first-order valence-electron chi connectivity index (χ1n) is 7.70. The molecule has 0 atom stereocenters. The van der Waals surface area contributed by atoms with Crippen LogP contribution in [0.3, 0.4) is 0 Å². The van der Waals surface area contributed by atoms with E-state index in [0.717, 1.165) is 6.26 Å². The molecule has 0 aliphatic heterocycles. The van der Waals surface area contributed by atoms with Gasteiger partial charge in [-0.25, -0.2) is 4.79 Å². The minimum atomic E-state index is -0.604. The Hall–Kier alpha value is -3.12. The molecule has 2 aromatic carbocycles. The van der Waals surface area contributed by atoms with Gasteiger partial charge in [-0.15, -0.1) is 0 Å². The molecule has 0 spiro atoms. The van der Waals surface area contributed by atoms with E-state index in [9.17, 15) is 9.59 Å². The van der Waals surface area contributed by atoms with E-state index >= 15 is 0 Å². The van der Waals surface area contributed by atoms with Crippen LogP contribution in [0.2, 0.25) is 0 Å². The highest BCUT2D eigenvalue weighted by Crippen LogP contribution is 2.14. The van der Waals surface area contributed by atoms with Gasteiger partial charge in [0.05, 0.1) is 6.26 Å². The molecule has 0 heterocycles. The van der Waals surface area contributed by atoms with Crippen molar-refractivity contribution in [1.82, 2.24) is 0 Å². The lowest BCUT2D eigenvalue weighted by Gasteiger charge is -2.05. The van der Waals surface area contributed by atoms with Gasteiger partial charge in [-0.2, -0.15) is 0 Å². The van der Waals surface area contributed by atoms with Crippen molar-refractivity contribution < 1.29 is 23.8 Å². The molecule has 0 unspecified atom stereocenters. The maximum Gasteiger partial charge on any atom is 0.348 e. The molecular weight excluding hydrogens is 322 g/mol. The first kappa shape index (κ1) is 18.2. The van der Waals surface area contributed by atoms with E-state index in [2.05, 4.69) is 0 Å². The zero-order chi connectivity index (χ0) is 17.9. The third-order valence-corrected chi connectivity index (χ3v) is 3.02. The van der Waals surface area contributed by atoms with Gasteiger partial charge >= 0.3 is 5.97 Å². The maximum absolute atomic E-state index is 12.0. The number of esters is 1. The number of ether oxygens (including phenoxy) is 3. The molecule has 2 N–H and O–H groups in total. The quantitative estimate of drug-likeness (QED) is 0.326. The molecule has 2 rings (SSSR count). The monoisotopic (exact) mass is 341 g/mol. The van der Waals surface area contributed by atoms with Gasteiger partial charge < -0.3 is 19.9 Å². The largest absolute Gasteiger partial charge is 0.492 e. The van der Waals surface area contributed by atoms with Gasteiger partial charge in [-0.05, 0) is 24.3 Å². The predicted molar refractivity (Wildman–Crippen MR) is 92.5 cm³/mol. The summed E-state index contributed by atoms with van der Waals surface area (Å²) >= 11 is 0. The third-order valence-electron chi connectivity index (χ3n) is 3.02. The second-order valence-corrected chi connectivity index (χ2v) is 4.92. The highest BCUT2D eigenvalue weighted by Gasteiger charge is 2.05. The van der Waals surface area contributed by atoms with Crippen LogP contribution in [0.25, 0.3) is 0 Å². The minimum absolute atomic E-state index is 0.245. The van der Waals surface area contributed by atoms with E-state index in [1.54, 1.807) is 48.5 Å². The van der Waals surface area contributed by atoms with Gasteiger partial charge in [0, 0.05) is 18.2 Å². The molecule has 0 fully saturated rings. The molecule has 0 amide bonds. The lowest BCUT2D eigenvalue weighted by molar-refractivity contribution is -0.140. The molecule has 0 bridgehead atoms. The highest BCUT2D eigenvalue weighted by atomic mass is 16.6. The van der Waals surface area contributed by atoms with E-state index < -0.39 is 5.97 Å². The summed E-state index contributed by atoms with van der Waals surface area (Å²) in [6.45, 7) is 0.510. The summed E-state index contributed by atoms with van der Waals surface area (Å²) < 4.78 is 15.4. The average Bonchev–Trinajstić information content (AvgIpc) is 2.65. The molecular formula is C19H19NO5. The molecule has 0 saturated heterocycles. The summed E-state index contributed by atoms with van der Waals surface area (Å²) in [5.41, 5.74) is 5.79. The van der Waals surface area contributed by atoms with Gasteiger partial charge in [0.1, 0.15) is 18.1 Å². The van der Waals surface area contributed by atoms with Crippen molar-refractivity contribution in [2.24, 2.45) is 5.73 Å². The number of ketones is 1. The Labute approximate surface area is 145 Å². The number of benzene rings is 2. The molecule has 130 valence electrons. The topological polar surface area (TPSA) is 87.9 Å². The third kappa shape index (κ3) is 6.48. The lowest BCUT2D eigenvalue weighted by atomic mass is 10.1. The minimum Gasteiger partial charge on any atom is -0.492 e.